The maximum Gasteiger partial charge on any atom is 0.257 e. The number of anilines is 1. The first-order chi connectivity index (χ1) is 11.0. The minimum atomic E-state index is -0.246. The van der Waals surface area contributed by atoms with E-state index in [9.17, 15) is 4.79 Å². The van der Waals surface area contributed by atoms with Crippen LogP contribution in [-0.2, 0) is 0 Å². The largest absolute Gasteiger partial charge is 0.308 e. The molecule has 0 unspecified atom stereocenters. The van der Waals surface area contributed by atoms with Crippen LogP contribution in [0, 0.1) is 6.92 Å². The molecule has 0 saturated heterocycles. The summed E-state index contributed by atoms with van der Waals surface area (Å²) in [6, 6.07) is 12.8. The third-order valence-electron chi connectivity index (χ3n) is 3.19. The van der Waals surface area contributed by atoms with Crippen LogP contribution >= 0.6 is 35.2 Å². The Morgan fingerprint density at radius 1 is 1.26 bits per heavy atom. The number of fused-ring (bicyclic) bond motifs is 1. The first kappa shape index (κ1) is 15.9. The fourth-order valence-electron chi connectivity index (χ4n) is 2.08. The lowest BCUT2D eigenvalue weighted by molar-refractivity contribution is 0.0977. The van der Waals surface area contributed by atoms with Crippen LogP contribution in [0.5, 0.6) is 0 Å². The molecule has 3 aromatic rings. The SMILES string of the molecule is Cc1ccccc1C(=O)NC(=S)Nc1nc2ccc(Cl)cc2s1. The van der Waals surface area contributed by atoms with Crippen LogP contribution in [0.4, 0.5) is 5.13 Å². The van der Waals surface area contributed by atoms with Crippen molar-refractivity contribution in [3.8, 4) is 0 Å². The van der Waals surface area contributed by atoms with Gasteiger partial charge in [0.2, 0.25) is 0 Å². The van der Waals surface area contributed by atoms with Crippen molar-refractivity contribution in [1.29, 1.82) is 0 Å². The molecular formula is C16H12ClN3OS2. The fourth-order valence-corrected chi connectivity index (χ4v) is 3.48. The molecule has 2 aromatic carbocycles. The van der Waals surface area contributed by atoms with Crippen LogP contribution in [0.2, 0.25) is 5.02 Å². The molecule has 3 rings (SSSR count). The number of rotatable bonds is 2. The molecule has 0 aliphatic carbocycles. The lowest BCUT2D eigenvalue weighted by Crippen LogP contribution is -2.34. The van der Waals surface area contributed by atoms with Crippen molar-refractivity contribution < 1.29 is 4.79 Å². The first-order valence-electron chi connectivity index (χ1n) is 6.77. The Morgan fingerprint density at radius 3 is 2.83 bits per heavy atom. The van der Waals surface area contributed by atoms with Crippen LogP contribution in [0.1, 0.15) is 15.9 Å². The zero-order valence-corrected chi connectivity index (χ0v) is 14.5. The molecule has 0 aliphatic heterocycles. The normalized spacial score (nSPS) is 10.5. The van der Waals surface area contributed by atoms with Crippen molar-refractivity contribution in [1.82, 2.24) is 10.3 Å². The van der Waals surface area contributed by atoms with Gasteiger partial charge in [0.05, 0.1) is 10.2 Å². The number of amides is 1. The Bertz CT molecular complexity index is 907. The van der Waals surface area contributed by atoms with Crippen LogP contribution in [0.3, 0.4) is 0 Å². The van der Waals surface area contributed by atoms with Gasteiger partial charge in [-0.15, -0.1) is 0 Å². The average Bonchev–Trinajstić information content (AvgIpc) is 2.88. The molecule has 1 amide bonds. The van der Waals surface area contributed by atoms with Gasteiger partial charge in [-0.2, -0.15) is 0 Å². The summed E-state index contributed by atoms with van der Waals surface area (Å²) in [7, 11) is 0. The third-order valence-corrected chi connectivity index (χ3v) is 4.56. The second-order valence-corrected chi connectivity index (χ2v) is 6.73. The summed E-state index contributed by atoms with van der Waals surface area (Å²) in [5.74, 6) is -0.246. The van der Waals surface area contributed by atoms with Crippen molar-refractivity contribution in [2.75, 3.05) is 5.32 Å². The van der Waals surface area contributed by atoms with Gasteiger partial charge >= 0.3 is 0 Å². The number of hydrogen-bond donors (Lipinski definition) is 2. The van der Waals surface area contributed by atoms with Crippen molar-refractivity contribution in [2.45, 2.75) is 6.92 Å². The summed E-state index contributed by atoms with van der Waals surface area (Å²) in [5, 5.41) is 7.07. The van der Waals surface area contributed by atoms with Gasteiger partial charge in [-0.1, -0.05) is 41.1 Å². The molecule has 4 nitrogen and oxygen atoms in total. The smallest absolute Gasteiger partial charge is 0.257 e. The highest BCUT2D eigenvalue weighted by Gasteiger charge is 2.11. The lowest BCUT2D eigenvalue weighted by atomic mass is 10.1. The van der Waals surface area contributed by atoms with Gasteiger partial charge in [0, 0.05) is 10.6 Å². The fraction of sp³-hybridized carbons (Fsp3) is 0.0625. The molecule has 116 valence electrons. The summed E-state index contributed by atoms with van der Waals surface area (Å²) < 4.78 is 0.952. The van der Waals surface area contributed by atoms with E-state index in [1.165, 1.54) is 11.3 Å². The van der Waals surface area contributed by atoms with E-state index in [0.717, 1.165) is 15.8 Å². The van der Waals surface area contributed by atoms with Gasteiger partial charge in [-0.3, -0.25) is 10.1 Å². The number of hydrogen-bond acceptors (Lipinski definition) is 4. The Morgan fingerprint density at radius 2 is 2.04 bits per heavy atom. The number of nitrogens with one attached hydrogen (secondary N) is 2. The zero-order chi connectivity index (χ0) is 16.4. The second kappa shape index (κ2) is 6.62. The van der Waals surface area contributed by atoms with Crippen molar-refractivity contribution in [3.05, 3.63) is 58.6 Å². The van der Waals surface area contributed by atoms with E-state index in [0.29, 0.717) is 15.7 Å². The molecule has 1 heterocycles. The van der Waals surface area contributed by atoms with Gasteiger partial charge in [0.1, 0.15) is 0 Å². The molecule has 0 spiro atoms. The molecule has 1 aromatic heterocycles. The van der Waals surface area contributed by atoms with E-state index in [1.807, 2.05) is 37.3 Å². The molecule has 0 atom stereocenters. The number of halogens is 1. The maximum absolute atomic E-state index is 12.2. The van der Waals surface area contributed by atoms with E-state index in [2.05, 4.69) is 15.6 Å². The molecule has 0 saturated carbocycles. The van der Waals surface area contributed by atoms with E-state index < -0.39 is 0 Å². The molecular weight excluding hydrogens is 350 g/mol. The molecule has 0 radical (unpaired) electrons. The van der Waals surface area contributed by atoms with E-state index in [4.69, 9.17) is 23.8 Å². The number of thiazole rings is 1. The van der Waals surface area contributed by atoms with Crippen LogP contribution in [0.25, 0.3) is 10.2 Å². The van der Waals surface area contributed by atoms with Crippen LogP contribution < -0.4 is 10.6 Å². The lowest BCUT2D eigenvalue weighted by Gasteiger charge is -2.08. The number of benzene rings is 2. The Hall–Kier alpha value is -2.02. The van der Waals surface area contributed by atoms with Gasteiger partial charge in [-0.25, -0.2) is 4.98 Å². The van der Waals surface area contributed by atoms with Crippen LogP contribution in [0.15, 0.2) is 42.5 Å². The standard InChI is InChI=1S/C16H12ClN3OS2/c1-9-4-2-3-5-11(9)14(21)19-15(22)20-16-18-12-7-6-10(17)8-13(12)23-16/h2-8H,1H3,(H2,18,19,20,21,22). The third kappa shape index (κ3) is 3.67. The van der Waals surface area contributed by atoms with Crippen molar-refractivity contribution >= 4 is 61.5 Å². The Balaban J connectivity index is 1.71. The highest BCUT2D eigenvalue weighted by Crippen LogP contribution is 2.28. The number of carbonyl (C=O) groups excluding carboxylic acids is 1. The number of aryl methyl sites for hydroxylation is 1. The number of thiocarbonyl (C=S) groups is 1. The predicted molar refractivity (Wildman–Crippen MR) is 99.5 cm³/mol. The molecule has 0 bridgehead atoms. The monoisotopic (exact) mass is 361 g/mol. The van der Waals surface area contributed by atoms with Crippen molar-refractivity contribution in [2.24, 2.45) is 0 Å². The number of carbonyl (C=O) groups is 1. The second-order valence-electron chi connectivity index (χ2n) is 4.85. The van der Waals surface area contributed by atoms with E-state index in [1.54, 1.807) is 12.1 Å². The number of nitrogens with zero attached hydrogens (tertiary/aromatic N) is 1. The maximum atomic E-state index is 12.2. The summed E-state index contributed by atoms with van der Waals surface area (Å²) in [6.07, 6.45) is 0. The predicted octanol–water partition coefficient (Wildman–Crippen LogP) is 4.38. The minimum absolute atomic E-state index is 0.211. The molecule has 2 N–H and O–H groups in total. The number of aromatic nitrogens is 1. The average molecular weight is 362 g/mol. The summed E-state index contributed by atoms with van der Waals surface area (Å²) >= 11 is 12.6. The summed E-state index contributed by atoms with van der Waals surface area (Å²) in [6.45, 7) is 1.88. The molecule has 23 heavy (non-hydrogen) atoms. The van der Waals surface area contributed by atoms with Gasteiger partial charge < -0.3 is 5.32 Å². The topological polar surface area (TPSA) is 54.0 Å². The van der Waals surface area contributed by atoms with E-state index in [-0.39, 0.29) is 11.0 Å². The first-order valence-corrected chi connectivity index (χ1v) is 8.37. The molecule has 0 aliphatic rings. The summed E-state index contributed by atoms with van der Waals surface area (Å²) in [5.41, 5.74) is 2.31. The van der Waals surface area contributed by atoms with Gasteiger partial charge in [0.25, 0.3) is 5.91 Å². The van der Waals surface area contributed by atoms with Gasteiger partial charge in [0.15, 0.2) is 10.2 Å². The Labute approximate surface area is 147 Å². The summed E-state index contributed by atoms with van der Waals surface area (Å²) in [4.78, 5) is 16.6. The quantitative estimate of drug-likeness (QED) is 0.665. The zero-order valence-electron chi connectivity index (χ0n) is 12.1. The van der Waals surface area contributed by atoms with Crippen LogP contribution in [-0.4, -0.2) is 16.0 Å². The molecule has 0 fully saturated rings. The minimum Gasteiger partial charge on any atom is -0.308 e. The van der Waals surface area contributed by atoms with Gasteiger partial charge in [-0.05, 0) is 49.0 Å². The van der Waals surface area contributed by atoms with Crippen molar-refractivity contribution in [3.63, 3.8) is 0 Å². The highest BCUT2D eigenvalue weighted by atomic mass is 35.5. The Kier molecular flexibility index (Phi) is 4.56. The highest BCUT2D eigenvalue weighted by molar-refractivity contribution is 7.80. The molecule has 7 heteroatoms. The van der Waals surface area contributed by atoms with E-state index >= 15 is 0 Å².